The zero-order chi connectivity index (χ0) is 60.7. The maximum atomic E-state index is 12.9. The molecule has 0 bridgehead atoms. The molecule has 9 heterocycles. The number of carbonyl (C=O) groups is 2. The van der Waals surface area contributed by atoms with E-state index in [1.807, 2.05) is 75.9 Å². The number of anilines is 6. The van der Waals surface area contributed by atoms with Crippen molar-refractivity contribution < 1.29 is 61.2 Å². The molecule has 7 aliphatic heterocycles. The number of ether oxygens (including phenoxy) is 4. The van der Waals surface area contributed by atoms with E-state index in [9.17, 15) is 33.0 Å². The smallest absolute Gasteiger partial charge is 0.399 e. The first-order valence-corrected chi connectivity index (χ1v) is 30.6. The van der Waals surface area contributed by atoms with E-state index < -0.39 is 48.4 Å². The van der Waals surface area contributed by atoms with Gasteiger partial charge in [-0.2, -0.15) is 26.7 Å². The summed E-state index contributed by atoms with van der Waals surface area (Å²) in [6.07, 6.45) is -2.52. The molecule has 0 saturated carbocycles. The van der Waals surface area contributed by atoms with Crippen LogP contribution in [0.25, 0.3) is 11.1 Å². The second-order valence-electron chi connectivity index (χ2n) is 24.4. The van der Waals surface area contributed by atoms with Gasteiger partial charge in [0.15, 0.2) is 0 Å². The van der Waals surface area contributed by atoms with Crippen LogP contribution in [-0.2, 0) is 28.3 Å². The van der Waals surface area contributed by atoms with E-state index in [0.29, 0.717) is 70.0 Å². The molecule has 7 fully saturated rings. The molecule has 0 radical (unpaired) electrons. The van der Waals surface area contributed by atoms with E-state index in [1.54, 1.807) is 12.1 Å². The molecule has 0 aliphatic carbocycles. The van der Waals surface area contributed by atoms with Gasteiger partial charge in [0.25, 0.3) is 0 Å². The predicted molar refractivity (Wildman–Crippen MR) is 342 cm³/mol. The quantitative estimate of drug-likeness (QED) is 0.0518. The number of urea groups is 2. The van der Waals surface area contributed by atoms with Crippen LogP contribution in [0.4, 0.5) is 57.4 Å². The fourth-order valence-electron chi connectivity index (χ4n) is 11.1. The van der Waals surface area contributed by atoms with Crippen molar-refractivity contribution in [3.8, 4) is 11.1 Å². The van der Waals surface area contributed by atoms with Gasteiger partial charge in [-0.3, -0.25) is 0 Å². The fraction of sp³-hybridized carbons (Fsp3) is 0.600. The van der Waals surface area contributed by atoms with Gasteiger partial charge in [0, 0.05) is 73.7 Å². The highest BCUT2D eigenvalue weighted by atomic mass is 127. The van der Waals surface area contributed by atoms with Crippen molar-refractivity contribution in [1.29, 1.82) is 0 Å². The van der Waals surface area contributed by atoms with Crippen LogP contribution in [0.1, 0.15) is 71.4 Å². The number of pyridine rings is 2. The minimum Gasteiger partial charge on any atom is -0.399 e. The molecule has 472 valence electrons. The molecule has 0 spiro atoms. The van der Waals surface area contributed by atoms with Crippen molar-refractivity contribution in [3.63, 3.8) is 0 Å². The molecular formula is C60H85BF3IN10O10S. The third kappa shape index (κ3) is 16.9. The van der Waals surface area contributed by atoms with Gasteiger partial charge < -0.3 is 79.3 Å². The Morgan fingerprint density at radius 3 is 1.62 bits per heavy atom. The monoisotopic (exact) mass is 1330 g/mol. The number of halogens is 4. The minimum atomic E-state index is -4.20. The van der Waals surface area contributed by atoms with Crippen molar-refractivity contribution >= 4 is 95.4 Å². The molecule has 4 aromatic rings. The molecule has 7 aliphatic rings. The number of benzene rings is 2. The highest BCUT2D eigenvalue weighted by Crippen LogP contribution is 2.38. The number of aliphatic hydroxyl groups is 2. The number of aryl methyl sites for hydroxylation is 2. The normalized spacial score (nSPS) is 21.8. The Kier molecular flexibility index (Phi) is 22.4. The largest absolute Gasteiger partial charge is 0.495 e. The minimum absolute atomic E-state index is 0. The number of nitrogens with zero attached hydrogens (tertiary/aromatic N) is 6. The zero-order valence-corrected chi connectivity index (χ0v) is 53.6. The number of nitrogens with one attached hydrogen (secondary N) is 4. The van der Waals surface area contributed by atoms with Crippen LogP contribution in [0.2, 0.25) is 0 Å². The zero-order valence-electron chi connectivity index (χ0n) is 50.4. The molecule has 2 aromatic carbocycles. The molecule has 26 heteroatoms. The van der Waals surface area contributed by atoms with Gasteiger partial charge in [-0.1, -0.05) is 31.0 Å². The topological polar surface area (TPSA) is 217 Å². The lowest BCUT2D eigenvalue weighted by Crippen LogP contribution is -2.58. The van der Waals surface area contributed by atoms with Gasteiger partial charge in [0.1, 0.15) is 34.3 Å². The van der Waals surface area contributed by atoms with Crippen LogP contribution in [0.15, 0.2) is 60.7 Å². The summed E-state index contributed by atoms with van der Waals surface area (Å²) in [7, 11) is -0.556. The molecule has 20 nitrogen and oxygen atoms in total. The lowest BCUT2D eigenvalue weighted by Gasteiger charge is -2.41. The summed E-state index contributed by atoms with van der Waals surface area (Å²) in [6, 6.07) is 19.2. The van der Waals surface area contributed by atoms with Crippen molar-refractivity contribution in [2.75, 3.05) is 149 Å². The van der Waals surface area contributed by atoms with Gasteiger partial charge in [-0.25, -0.2) is 19.6 Å². The van der Waals surface area contributed by atoms with E-state index in [1.165, 1.54) is 4.90 Å². The van der Waals surface area contributed by atoms with Gasteiger partial charge in [-0.05, 0) is 159 Å². The maximum absolute atomic E-state index is 12.9. The number of hydrogen-bond donors (Lipinski definition) is 6. The second-order valence-corrected chi connectivity index (χ2v) is 25.7. The van der Waals surface area contributed by atoms with Crippen LogP contribution in [0.5, 0.6) is 0 Å². The summed E-state index contributed by atoms with van der Waals surface area (Å²) in [6.45, 7) is 24.2. The van der Waals surface area contributed by atoms with E-state index in [2.05, 4.69) is 84.6 Å². The van der Waals surface area contributed by atoms with Crippen LogP contribution in [-0.4, -0.2) is 196 Å². The number of amides is 4. The first-order chi connectivity index (χ1) is 40.5. The molecule has 7 saturated heterocycles. The summed E-state index contributed by atoms with van der Waals surface area (Å²) in [4.78, 5) is 42.7. The maximum Gasteiger partial charge on any atom is 0.495 e. The molecule has 2 atom stereocenters. The van der Waals surface area contributed by atoms with Crippen molar-refractivity contribution in [1.82, 2.24) is 19.8 Å². The van der Waals surface area contributed by atoms with Gasteiger partial charge in [0.05, 0.1) is 77.3 Å². The van der Waals surface area contributed by atoms with Gasteiger partial charge in [-0.15, -0.1) is 0 Å². The summed E-state index contributed by atoms with van der Waals surface area (Å²) < 4.78 is 72.5. The number of likely N-dealkylation sites (tertiary alicyclic amines) is 2. The van der Waals surface area contributed by atoms with E-state index in [4.69, 9.17) is 33.2 Å². The Labute approximate surface area is 524 Å². The van der Waals surface area contributed by atoms with E-state index in [-0.39, 0.29) is 44.8 Å². The number of carbonyl (C=O) groups excluding carboxylic acids is 2. The Morgan fingerprint density at radius 1 is 0.663 bits per heavy atom. The van der Waals surface area contributed by atoms with Gasteiger partial charge >= 0.3 is 25.4 Å². The second kappa shape index (κ2) is 28.7. The number of morpholine rings is 2. The molecule has 11 rings (SSSR count). The summed E-state index contributed by atoms with van der Waals surface area (Å²) in [5, 5.41) is 32.1. The summed E-state index contributed by atoms with van der Waals surface area (Å²) in [5.41, 5.74) is 4.42. The molecule has 2 aromatic heterocycles. The highest BCUT2D eigenvalue weighted by molar-refractivity contribution is 14.1. The van der Waals surface area contributed by atoms with E-state index in [0.717, 1.165) is 120 Å². The Morgan fingerprint density at radius 2 is 1.14 bits per heavy atom. The van der Waals surface area contributed by atoms with Crippen LogP contribution in [0, 0.1) is 29.3 Å². The first-order valence-electron chi connectivity index (χ1n) is 29.5. The third-order valence-corrected chi connectivity index (χ3v) is 17.9. The molecule has 4 amide bonds. The fourth-order valence-corrected chi connectivity index (χ4v) is 11.6. The lowest BCUT2D eigenvalue weighted by atomic mass is 9.76. The molecule has 86 heavy (non-hydrogen) atoms. The number of aliphatic hydroxyl groups excluding tert-OH is 2. The predicted octanol–water partition coefficient (Wildman–Crippen LogP) is 8.24. The van der Waals surface area contributed by atoms with E-state index >= 15 is 0 Å². The van der Waals surface area contributed by atoms with Crippen molar-refractivity contribution in [2.24, 2.45) is 11.8 Å². The molecule has 6 N–H and O–H groups in total. The van der Waals surface area contributed by atoms with Crippen LogP contribution < -0.4 is 36.5 Å². The number of aromatic nitrogens is 2. The Hall–Kier alpha value is -4.91. The summed E-state index contributed by atoms with van der Waals surface area (Å²) in [5.74, 6) is 3.35. The van der Waals surface area contributed by atoms with Crippen LogP contribution >= 0.6 is 36.1 Å². The molecule has 0 unspecified atom stereocenters. The van der Waals surface area contributed by atoms with Crippen LogP contribution in [0.3, 0.4) is 0 Å². The Bertz CT molecular complexity index is 2930. The van der Waals surface area contributed by atoms with Gasteiger partial charge in [0.2, 0.25) is 0 Å². The SMILES string of the molecule is CC[C@@H]1CCN(C(=O)Nc2ccc(C)c(-c3cc(NC4(CO)COC4)nc(N4CCOCC4)c3)c2)C1.Cc1ccc(NC(=O)N2CC[C@@H](CC(F)(F)F)C2)cc1B1OC(C)(C)C(C)(C)O1.OCC1(Nc2cc(I)cc(N3CCOCC3)n2)COC1.S. The lowest BCUT2D eigenvalue weighted by molar-refractivity contribution is -0.143. The third-order valence-electron chi connectivity index (χ3n) is 17.2. The standard InChI is InChI=1S/C27H37N5O4.C20H28BF3N2O3.C13H18IN3O3.H2S/c1-3-20-6-7-32(15-20)26(34)28-22-5-4-19(2)23(14-22)21-12-24(30-27(16-33)17-36-18-27)29-25(13-21)31-8-10-35-11-9-31;1-13-6-7-15(10-16(13)21-28-18(2,3)19(4,5)29-21)25-17(27)26-9-8-14(12-26)11-20(22,23)24;14-10-5-11(16-13(7-18)8-20-9-13)15-12(6-10)17-1-3-19-4-2-17;/h4-5,12-14,20,33H,3,6-11,15-18H2,1-2H3,(H,28,34)(H,29,30);6-7,10,14H,8-9,11-12H2,1-5H3,(H,25,27);5-6,18H,1-4,7-9H2,(H,15,16);1H2/t20-;14-;;/m10../s1. The summed E-state index contributed by atoms with van der Waals surface area (Å²) >= 11 is 2.29. The molecular weight excluding hydrogens is 1250 g/mol. The van der Waals surface area contributed by atoms with Crippen molar-refractivity contribution in [3.05, 3.63) is 75.4 Å². The number of rotatable bonds is 14. The number of alkyl halides is 3. The average Bonchev–Trinajstić information content (AvgIpc) is 2.09. The average molecular weight is 1330 g/mol. The van der Waals surface area contributed by atoms with Crippen molar-refractivity contribution in [2.45, 2.75) is 103 Å². The highest BCUT2D eigenvalue weighted by Gasteiger charge is 2.52. The Balaban J connectivity index is 0.000000173. The number of hydrogen-bond acceptors (Lipinski definition) is 16. The first kappa shape index (κ1) is 67.0.